The molecule has 0 saturated heterocycles. The molecule has 148 valence electrons. The highest BCUT2D eigenvalue weighted by Gasteiger charge is 2.28. The average molecular weight is 394 g/mol. The number of benzene rings is 1. The summed E-state index contributed by atoms with van der Waals surface area (Å²) in [7, 11) is -3.70. The van der Waals surface area contributed by atoms with Gasteiger partial charge in [-0.25, -0.2) is 8.42 Å². The molecule has 0 spiro atoms. The van der Waals surface area contributed by atoms with Gasteiger partial charge in [-0.15, -0.1) is 0 Å². The molecule has 1 fully saturated rings. The molecule has 1 aliphatic heterocycles. The number of carbonyl (C=O) groups is 2. The summed E-state index contributed by atoms with van der Waals surface area (Å²) in [5.41, 5.74) is 0.336. The van der Waals surface area contributed by atoms with E-state index >= 15 is 0 Å². The fourth-order valence-corrected chi connectivity index (χ4v) is 4.93. The molecule has 2 amide bonds. The van der Waals surface area contributed by atoms with Crippen molar-refractivity contribution in [3.05, 3.63) is 18.2 Å². The number of anilines is 1. The SMILES string of the molecule is CC(CC(=O)NC1CCCCCC1)S(=O)(=O)c1ccc2c(c1)NC(=O)CO2. The minimum atomic E-state index is -3.70. The van der Waals surface area contributed by atoms with Crippen LogP contribution < -0.4 is 15.4 Å². The average Bonchev–Trinajstić information content (AvgIpc) is 2.89. The third-order valence-electron chi connectivity index (χ3n) is 5.14. The van der Waals surface area contributed by atoms with Gasteiger partial charge in [0.05, 0.1) is 15.8 Å². The number of sulfone groups is 1. The minimum absolute atomic E-state index is 0.0711. The summed E-state index contributed by atoms with van der Waals surface area (Å²) in [5, 5.41) is 4.73. The predicted molar refractivity (Wildman–Crippen MR) is 101 cm³/mol. The van der Waals surface area contributed by atoms with Gasteiger partial charge in [-0.1, -0.05) is 25.7 Å². The Balaban J connectivity index is 1.66. The van der Waals surface area contributed by atoms with Crippen molar-refractivity contribution in [2.45, 2.75) is 68.1 Å². The number of fused-ring (bicyclic) bond motifs is 1. The van der Waals surface area contributed by atoms with Crippen LogP contribution in [0.25, 0.3) is 0 Å². The maximum Gasteiger partial charge on any atom is 0.262 e. The Morgan fingerprint density at radius 2 is 1.96 bits per heavy atom. The first-order chi connectivity index (χ1) is 12.9. The molecule has 1 atom stereocenters. The molecule has 1 aliphatic carbocycles. The fraction of sp³-hybridized carbons (Fsp3) is 0.579. The summed E-state index contributed by atoms with van der Waals surface area (Å²) in [5.74, 6) is -0.118. The molecule has 1 saturated carbocycles. The molecule has 0 aromatic heterocycles. The van der Waals surface area contributed by atoms with E-state index in [2.05, 4.69) is 10.6 Å². The lowest BCUT2D eigenvalue weighted by Gasteiger charge is -2.20. The van der Waals surface area contributed by atoms with Gasteiger partial charge in [0.2, 0.25) is 5.91 Å². The number of amides is 2. The van der Waals surface area contributed by atoms with Crippen LogP contribution in [0, 0.1) is 0 Å². The highest BCUT2D eigenvalue weighted by atomic mass is 32.2. The molecule has 1 aromatic carbocycles. The summed E-state index contributed by atoms with van der Waals surface area (Å²) in [6, 6.07) is 4.51. The van der Waals surface area contributed by atoms with Gasteiger partial charge in [-0.2, -0.15) is 0 Å². The Morgan fingerprint density at radius 1 is 1.26 bits per heavy atom. The van der Waals surface area contributed by atoms with E-state index in [1.165, 1.54) is 38.0 Å². The molecule has 8 heteroatoms. The van der Waals surface area contributed by atoms with Gasteiger partial charge in [0.15, 0.2) is 16.4 Å². The number of hydrogen-bond acceptors (Lipinski definition) is 5. The Kier molecular flexibility index (Phi) is 6.04. The fourth-order valence-electron chi connectivity index (χ4n) is 3.55. The molecule has 27 heavy (non-hydrogen) atoms. The van der Waals surface area contributed by atoms with Crippen LogP contribution in [0.2, 0.25) is 0 Å². The zero-order valence-electron chi connectivity index (χ0n) is 15.5. The van der Waals surface area contributed by atoms with E-state index in [9.17, 15) is 18.0 Å². The van der Waals surface area contributed by atoms with Gasteiger partial charge >= 0.3 is 0 Å². The molecule has 2 N–H and O–H groups in total. The number of hydrogen-bond donors (Lipinski definition) is 2. The minimum Gasteiger partial charge on any atom is -0.482 e. The molecular formula is C19H26N2O5S. The van der Waals surface area contributed by atoms with Crippen molar-refractivity contribution in [1.82, 2.24) is 5.32 Å². The maximum absolute atomic E-state index is 12.8. The van der Waals surface area contributed by atoms with Gasteiger partial charge in [0.1, 0.15) is 5.75 Å². The Hall–Kier alpha value is -2.09. The second-order valence-electron chi connectivity index (χ2n) is 7.31. The molecule has 3 rings (SSSR count). The van der Waals surface area contributed by atoms with Crippen LogP contribution in [-0.4, -0.2) is 38.1 Å². The van der Waals surface area contributed by atoms with Crippen molar-refractivity contribution in [3.8, 4) is 5.75 Å². The van der Waals surface area contributed by atoms with Crippen LogP contribution in [0.5, 0.6) is 5.75 Å². The van der Waals surface area contributed by atoms with Gasteiger partial charge in [0, 0.05) is 12.5 Å². The smallest absolute Gasteiger partial charge is 0.262 e. The second-order valence-corrected chi connectivity index (χ2v) is 9.68. The third kappa shape index (κ3) is 4.80. The lowest BCUT2D eigenvalue weighted by atomic mass is 10.1. The van der Waals surface area contributed by atoms with E-state index in [-0.39, 0.29) is 35.8 Å². The largest absolute Gasteiger partial charge is 0.482 e. The molecule has 7 nitrogen and oxygen atoms in total. The lowest BCUT2D eigenvalue weighted by molar-refractivity contribution is -0.122. The lowest BCUT2D eigenvalue weighted by Crippen LogP contribution is -2.37. The van der Waals surface area contributed by atoms with E-state index in [4.69, 9.17) is 4.74 Å². The summed E-state index contributed by atoms with van der Waals surface area (Å²) in [6.45, 7) is 1.45. The van der Waals surface area contributed by atoms with Gasteiger partial charge in [-0.05, 0) is 38.0 Å². The molecule has 1 heterocycles. The van der Waals surface area contributed by atoms with E-state index in [0.29, 0.717) is 11.4 Å². The quantitative estimate of drug-likeness (QED) is 0.747. The standard InChI is InChI=1S/C19H26N2O5S/c1-13(10-18(22)20-14-6-4-2-3-5-7-14)27(24,25)15-8-9-17-16(11-15)21-19(23)12-26-17/h8-9,11,13-14H,2-7,10,12H2,1H3,(H,20,22)(H,21,23). The Bertz CT molecular complexity index is 813. The topological polar surface area (TPSA) is 102 Å². The van der Waals surface area contributed by atoms with Crippen LogP contribution in [0.1, 0.15) is 51.9 Å². The van der Waals surface area contributed by atoms with Crippen molar-refractivity contribution < 1.29 is 22.7 Å². The highest BCUT2D eigenvalue weighted by molar-refractivity contribution is 7.92. The Labute approximate surface area is 159 Å². The van der Waals surface area contributed by atoms with Crippen molar-refractivity contribution in [2.75, 3.05) is 11.9 Å². The number of carbonyl (C=O) groups excluding carboxylic acids is 2. The van der Waals surface area contributed by atoms with Gasteiger partial charge < -0.3 is 15.4 Å². The first-order valence-corrected chi connectivity index (χ1v) is 11.0. The van der Waals surface area contributed by atoms with E-state index in [1.807, 2.05) is 0 Å². The molecule has 1 unspecified atom stereocenters. The van der Waals surface area contributed by atoms with E-state index < -0.39 is 15.1 Å². The van der Waals surface area contributed by atoms with Crippen molar-refractivity contribution in [3.63, 3.8) is 0 Å². The molecule has 1 aromatic rings. The summed E-state index contributed by atoms with van der Waals surface area (Å²) < 4.78 is 30.9. The Morgan fingerprint density at radius 3 is 2.67 bits per heavy atom. The molecular weight excluding hydrogens is 368 g/mol. The van der Waals surface area contributed by atoms with Crippen LogP contribution >= 0.6 is 0 Å². The van der Waals surface area contributed by atoms with Crippen LogP contribution in [0.4, 0.5) is 5.69 Å². The maximum atomic E-state index is 12.8. The monoisotopic (exact) mass is 394 g/mol. The van der Waals surface area contributed by atoms with Crippen molar-refractivity contribution in [1.29, 1.82) is 0 Å². The third-order valence-corrected chi connectivity index (χ3v) is 7.27. The van der Waals surface area contributed by atoms with Gasteiger partial charge in [-0.3, -0.25) is 9.59 Å². The van der Waals surface area contributed by atoms with Crippen LogP contribution in [-0.2, 0) is 19.4 Å². The molecule has 0 radical (unpaired) electrons. The molecule has 2 aliphatic rings. The first kappa shape index (κ1) is 19.7. The zero-order valence-corrected chi connectivity index (χ0v) is 16.3. The first-order valence-electron chi connectivity index (χ1n) is 9.46. The predicted octanol–water partition coefficient (Wildman–Crippen LogP) is 2.41. The number of rotatable bonds is 5. The zero-order chi connectivity index (χ0) is 19.4. The van der Waals surface area contributed by atoms with Crippen LogP contribution in [0.3, 0.4) is 0 Å². The second kappa shape index (κ2) is 8.29. The molecule has 0 bridgehead atoms. The van der Waals surface area contributed by atoms with Crippen molar-refractivity contribution >= 4 is 27.3 Å². The van der Waals surface area contributed by atoms with Crippen LogP contribution in [0.15, 0.2) is 23.1 Å². The summed E-state index contributed by atoms with van der Waals surface area (Å²) in [4.78, 5) is 23.8. The van der Waals surface area contributed by atoms with E-state index in [0.717, 1.165) is 25.7 Å². The number of ether oxygens (including phenoxy) is 1. The summed E-state index contributed by atoms with van der Waals surface area (Å²) in [6.07, 6.45) is 6.41. The highest BCUT2D eigenvalue weighted by Crippen LogP contribution is 2.31. The normalized spacial score (nSPS) is 19.2. The van der Waals surface area contributed by atoms with Gasteiger partial charge in [0.25, 0.3) is 5.91 Å². The summed E-state index contributed by atoms with van der Waals surface area (Å²) >= 11 is 0. The van der Waals surface area contributed by atoms with Crippen molar-refractivity contribution in [2.24, 2.45) is 0 Å². The number of nitrogens with one attached hydrogen (secondary N) is 2. The van der Waals surface area contributed by atoms with E-state index in [1.54, 1.807) is 0 Å².